The van der Waals surface area contributed by atoms with Crippen molar-refractivity contribution >= 4 is 22.9 Å². The molecule has 1 atom stereocenters. The summed E-state index contributed by atoms with van der Waals surface area (Å²) in [5.41, 5.74) is 2.50. The van der Waals surface area contributed by atoms with Gasteiger partial charge in [-0.05, 0) is 31.2 Å². The smallest absolute Gasteiger partial charge is 0.238 e. The van der Waals surface area contributed by atoms with E-state index in [9.17, 15) is 4.79 Å². The zero-order valence-electron chi connectivity index (χ0n) is 15.9. The van der Waals surface area contributed by atoms with Crippen LogP contribution in [0.3, 0.4) is 0 Å². The van der Waals surface area contributed by atoms with Gasteiger partial charge in [0.1, 0.15) is 5.01 Å². The molecule has 2 N–H and O–H groups in total. The molecule has 0 aliphatic heterocycles. The van der Waals surface area contributed by atoms with Crippen LogP contribution in [0.4, 0.5) is 5.69 Å². The molecule has 0 spiro atoms. The molecule has 1 aromatic carbocycles. The van der Waals surface area contributed by atoms with Crippen LogP contribution in [0, 0.1) is 0 Å². The number of benzene rings is 1. The number of nitrogens with one attached hydrogen (secondary N) is 2. The van der Waals surface area contributed by atoms with Crippen LogP contribution in [-0.2, 0) is 4.79 Å². The van der Waals surface area contributed by atoms with E-state index in [0.29, 0.717) is 17.2 Å². The summed E-state index contributed by atoms with van der Waals surface area (Å²) >= 11 is 1.55. The minimum atomic E-state index is -0.150. The third-order valence-electron chi connectivity index (χ3n) is 4.09. The number of aromatic nitrogens is 2. The van der Waals surface area contributed by atoms with Crippen molar-refractivity contribution in [1.82, 2.24) is 15.3 Å². The van der Waals surface area contributed by atoms with E-state index < -0.39 is 0 Å². The zero-order chi connectivity index (χ0) is 19.9. The molecule has 0 bridgehead atoms. The van der Waals surface area contributed by atoms with Gasteiger partial charge in [0.25, 0.3) is 0 Å². The summed E-state index contributed by atoms with van der Waals surface area (Å²) in [6.45, 7) is 2.15. The molecule has 8 heteroatoms. The van der Waals surface area contributed by atoms with E-state index in [1.807, 2.05) is 24.4 Å². The van der Waals surface area contributed by atoms with Gasteiger partial charge in [0, 0.05) is 35.1 Å². The molecule has 146 valence electrons. The highest BCUT2D eigenvalue weighted by atomic mass is 32.1. The minimum Gasteiger partial charge on any atom is -0.493 e. The van der Waals surface area contributed by atoms with Gasteiger partial charge in [-0.25, -0.2) is 4.98 Å². The number of nitrogens with zero attached hydrogens (tertiary/aromatic N) is 2. The summed E-state index contributed by atoms with van der Waals surface area (Å²) in [6, 6.07) is 9.05. The fraction of sp³-hybridized carbons (Fsp3) is 0.250. The van der Waals surface area contributed by atoms with Crippen molar-refractivity contribution in [2.24, 2.45) is 0 Å². The van der Waals surface area contributed by atoms with Crippen LogP contribution in [0.2, 0.25) is 0 Å². The minimum absolute atomic E-state index is 0.0495. The number of rotatable bonds is 8. The van der Waals surface area contributed by atoms with Crippen molar-refractivity contribution in [2.75, 3.05) is 26.1 Å². The maximum absolute atomic E-state index is 12.3. The van der Waals surface area contributed by atoms with Gasteiger partial charge in [0.2, 0.25) is 5.91 Å². The van der Waals surface area contributed by atoms with E-state index in [-0.39, 0.29) is 18.5 Å². The van der Waals surface area contributed by atoms with Crippen LogP contribution in [0.25, 0.3) is 11.3 Å². The fourth-order valence-corrected chi connectivity index (χ4v) is 3.45. The quantitative estimate of drug-likeness (QED) is 0.604. The zero-order valence-corrected chi connectivity index (χ0v) is 16.7. The van der Waals surface area contributed by atoms with Crippen molar-refractivity contribution in [3.05, 3.63) is 53.1 Å². The Balaban J connectivity index is 1.55. The van der Waals surface area contributed by atoms with Crippen molar-refractivity contribution in [1.29, 1.82) is 0 Å². The molecule has 2 heterocycles. The molecule has 1 unspecified atom stereocenters. The first-order valence-corrected chi connectivity index (χ1v) is 9.59. The lowest BCUT2D eigenvalue weighted by molar-refractivity contribution is -0.115. The van der Waals surface area contributed by atoms with Crippen molar-refractivity contribution < 1.29 is 14.3 Å². The normalized spacial score (nSPS) is 11.7. The third-order valence-corrected chi connectivity index (χ3v) is 5.11. The molecule has 3 rings (SSSR count). The van der Waals surface area contributed by atoms with E-state index in [1.165, 1.54) is 0 Å². The van der Waals surface area contributed by atoms with Gasteiger partial charge in [-0.3, -0.25) is 15.1 Å². The van der Waals surface area contributed by atoms with E-state index in [1.54, 1.807) is 56.1 Å². The van der Waals surface area contributed by atoms with Crippen LogP contribution in [0.5, 0.6) is 11.5 Å². The average Bonchev–Trinajstić information content (AvgIpc) is 3.23. The van der Waals surface area contributed by atoms with Crippen LogP contribution < -0.4 is 20.1 Å². The lowest BCUT2D eigenvalue weighted by Gasteiger charge is -2.13. The largest absolute Gasteiger partial charge is 0.493 e. The first-order chi connectivity index (χ1) is 13.6. The van der Waals surface area contributed by atoms with E-state index in [2.05, 4.69) is 20.6 Å². The Hall–Kier alpha value is -2.97. The van der Waals surface area contributed by atoms with Gasteiger partial charge < -0.3 is 14.8 Å². The van der Waals surface area contributed by atoms with Crippen molar-refractivity contribution in [3.8, 4) is 22.8 Å². The monoisotopic (exact) mass is 398 g/mol. The molecule has 0 fully saturated rings. The standard InChI is InChI=1S/C20H22N4O3S/c1-13(20-24-16(12-28-20)14-5-4-8-21-10-14)22-11-19(25)23-15-6-7-17(26-2)18(9-15)27-3/h4-10,12-13,22H,11H2,1-3H3,(H,23,25). The lowest BCUT2D eigenvalue weighted by atomic mass is 10.2. The predicted octanol–water partition coefficient (Wildman–Crippen LogP) is 3.51. The van der Waals surface area contributed by atoms with Gasteiger partial charge in [0.15, 0.2) is 11.5 Å². The molecule has 0 saturated heterocycles. The van der Waals surface area contributed by atoms with Gasteiger partial charge >= 0.3 is 0 Å². The van der Waals surface area contributed by atoms with Gasteiger partial charge in [-0.2, -0.15) is 0 Å². The number of pyridine rings is 1. The van der Waals surface area contributed by atoms with Crippen LogP contribution >= 0.6 is 11.3 Å². The number of carbonyl (C=O) groups is 1. The van der Waals surface area contributed by atoms with Crippen LogP contribution in [0.15, 0.2) is 48.1 Å². The highest BCUT2D eigenvalue weighted by Crippen LogP contribution is 2.29. The number of amides is 1. The number of hydrogen-bond acceptors (Lipinski definition) is 7. The Kier molecular flexibility index (Phi) is 6.57. The maximum atomic E-state index is 12.3. The molecule has 1 amide bonds. The number of hydrogen-bond donors (Lipinski definition) is 2. The van der Waals surface area contributed by atoms with Crippen molar-refractivity contribution in [3.63, 3.8) is 0 Å². The number of ether oxygens (including phenoxy) is 2. The van der Waals surface area contributed by atoms with Crippen LogP contribution in [0.1, 0.15) is 18.0 Å². The molecule has 2 aromatic heterocycles. The van der Waals surface area contributed by atoms with Gasteiger partial charge in [0.05, 0.1) is 32.5 Å². The summed E-state index contributed by atoms with van der Waals surface area (Å²) in [7, 11) is 3.13. The topological polar surface area (TPSA) is 85.4 Å². The van der Waals surface area contributed by atoms with Crippen LogP contribution in [-0.4, -0.2) is 36.6 Å². The number of carbonyl (C=O) groups excluding carboxylic acids is 1. The molecular weight excluding hydrogens is 376 g/mol. The molecule has 3 aromatic rings. The van der Waals surface area contributed by atoms with Crippen molar-refractivity contribution in [2.45, 2.75) is 13.0 Å². The number of methoxy groups -OCH3 is 2. The Morgan fingerprint density at radius 3 is 2.75 bits per heavy atom. The molecule has 7 nitrogen and oxygen atoms in total. The van der Waals surface area contributed by atoms with E-state index >= 15 is 0 Å². The van der Waals surface area contributed by atoms with E-state index in [4.69, 9.17) is 9.47 Å². The first kappa shape index (κ1) is 19.8. The van der Waals surface area contributed by atoms with E-state index in [0.717, 1.165) is 16.3 Å². The molecule has 28 heavy (non-hydrogen) atoms. The average molecular weight is 398 g/mol. The highest BCUT2D eigenvalue weighted by molar-refractivity contribution is 7.10. The number of anilines is 1. The molecular formula is C20H22N4O3S. The Bertz CT molecular complexity index is 930. The highest BCUT2D eigenvalue weighted by Gasteiger charge is 2.13. The summed E-state index contributed by atoms with van der Waals surface area (Å²) in [4.78, 5) is 21.0. The fourth-order valence-electron chi connectivity index (χ4n) is 2.59. The lowest BCUT2D eigenvalue weighted by Crippen LogP contribution is -2.30. The number of thiazole rings is 1. The summed E-state index contributed by atoms with van der Waals surface area (Å²) in [5, 5.41) is 8.95. The first-order valence-electron chi connectivity index (χ1n) is 8.71. The second-order valence-electron chi connectivity index (χ2n) is 6.03. The second kappa shape index (κ2) is 9.29. The van der Waals surface area contributed by atoms with Gasteiger partial charge in [-0.1, -0.05) is 0 Å². The predicted molar refractivity (Wildman–Crippen MR) is 110 cm³/mol. The second-order valence-corrected chi connectivity index (χ2v) is 6.92. The maximum Gasteiger partial charge on any atom is 0.238 e. The molecule has 0 radical (unpaired) electrons. The summed E-state index contributed by atoms with van der Waals surface area (Å²) in [5.74, 6) is 1.02. The SMILES string of the molecule is COc1ccc(NC(=O)CNC(C)c2nc(-c3cccnc3)cs2)cc1OC. The molecule has 0 saturated carbocycles. The molecule has 0 aliphatic carbocycles. The summed E-state index contributed by atoms with van der Waals surface area (Å²) < 4.78 is 10.4. The Morgan fingerprint density at radius 1 is 1.21 bits per heavy atom. The Labute approximate surface area is 167 Å². The molecule has 0 aliphatic rings. The summed E-state index contributed by atoms with van der Waals surface area (Å²) in [6.07, 6.45) is 3.52. The third kappa shape index (κ3) is 4.85. The van der Waals surface area contributed by atoms with Gasteiger partial charge in [-0.15, -0.1) is 11.3 Å². The Morgan fingerprint density at radius 2 is 2.04 bits per heavy atom.